The number of nitro benzene ring substituents is 1. The molecule has 1 N–H and O–H groups in total. The van der Waals surface area contributed by atoms with Crippen LogP contribution in [0.5, 0.6) is 0 Å². The minimum Gasteiger partial charge on any atom is -0.381 e. The van der Waals surface area contributed by atoms with Crippen LogP contribution in [-0.2, 0) is 6.54 Å². The highest BCUT2D eigenvalue weighted by Crippen LogP contribution is 2.28. The summed E-state index contributed by atoms with van der Waals surface area (Å²) < 4.78 is 13.4. The molecule has 0 unspecified atom stereocenters. The fourth-order valence-corrected chi connectivity index (χ4v) is 2.01. The Kier molecular flexibility index (Phi) is 4.11. The van der Waals surface area contributed by atoms with Crippen molar-refractivity contribution in [3.63, 3.8) is 0 Å². The van der Waals surface area contributed by atoms with Crippen molar-refractivity contribution in [2.45, 2.75) is 6.54 Å². The molecule has 2 aromatic rings. The Labute approximate surface area is 117 Å². The Balaban J connectivity index is 2.12. The summed E-state index contributed by atoms with van der Waals surface area (Å²) in [6.45, 7) is 0.399. The standard InChI is InChI=1S/C13H10BrFN2O2/c14-12-5-4-11(7-13(12)17(18)19)16-8-9-2-1-3-10(15)6-9/h1-7,16H,8H2. The van der Waals surface area contributed by atoms with Crippen LogP contribution in [0.2, 0.25) is 0 Å². The van der Waals surface area contributed by atoms with E-state index in [4.69, 9.17) is 0 Å². The Morgan fingerprint density at radius 1 is 1.26 bits per heavy atom. The molecule has 0 aliphatic carbocycles. The van der Waals surface area contributed by atoms with Crippen LogP contribution in [0, 0.1) is 15.9 Å². The van der Waals surface area contributed by atoms with Gasteiger partial charge in [-0.1, -0.05) is 12.1 Å². The van der Waals surface area contributed by atoms with Crippen LogP contribution in [0.3, 0.4) is 0 Å². The predicted molar refractivity (Wildman–Crippen MR) is 74.5 cm³/mol. The van der Waals surface area contributed by atoms with Crippen LogP contribution in [0.25, 0.3) is 0 Å². The van der Waals surface area contributed by atoms with Gasteiger partial charge in [0, 0.05) is 18.3 Å². The van der Waals surface area contributed by atoms with Crippen molar-refractivity contribution in [2.75, 3.05) is 5.32 Å². The Morgan fingerprint density at radius 2 is 2.05 bits per heavy atom. The molecule has 2 aromatic carbocycles. The van der Waals surface area contributed by atoms with E-state index in [-0.39, 0.29) is 11.5 Å². The van der Waals surface area contributed by atoms with Crippen molar-refractivity contribution in [3.8, 4) is 0 Å². The normalized spacial score (nSPS) is 10.2. The first-order valence-electron chi connectivity index (χ1n) is 5.48. The van der Waals surface area contributed by atoms with Crippen LogP contribution >= 0.6 is 15.9 Å². The molecule has 0 spiro atoms. The lowest BCUT2D eigenvalue weighted by atomic mass is 10.2. The molecule has 0 bridgehead atoms. The van der Waals surface area contributed by atoms with E-state index in [1.54, 1.807) is 24.3 Å². The minimum atomic E-state index is -0.461. The monoisotopic (exact) mass is 324 g/mol. The first-order chi connectivity index (χ1) is 9.06. The van der Waals surface area contributed by atoms with Gasteiger partial charge in [-0.15, -0.1) is 0 Å². The third-order valence-electron chi connectivity index (χ3n) is 2.53. The molecule has 0 amide bonds. The highest BCUT2D eigenvalue weighted by molar-refractivity contribution is 9.10. The van der Waals surface area contributed by atoms with Crippen LogP contribution in [0.15, 0.2) is 46.9 Å². The molecule has 0 atom stereocenters. The average molecular weight is 325 g/mol. The lowest BCUT2D eigenvalue weighted by Gasteiger charge is -2.07. The van der Waals surface area contributed by atoms with E-state index >= 15 is 0 Å². The molecule has 98 valence electrons. The molecule has 4 nitrogen and oxygen atoms in total. The number of anilines is 1. The maximum Gasteiger partial charge on any atom is 0.285 e. The molecule has 0 saturated heterocycles. The second kappa shape index (κ2) is 5.79. The molecule has 0 saturated carbocycles. The Morgan fingerprint density at radius 3 is 2.74 bits per heavy atom. The van der Waals surface area contributed by atoms with Crippen LogP contribution in [0.1, 0.15) is 5.56 Å². The molecule has 0 aromatic heterocycles. The molecular formula is C13H10BrFN2O2. The van der Waals surface area contributed by atoms with Crippen LogP contribution in [-0.4, -0.2) is 4.92 Å². The first kappa shape index (κ1) is 13.5. The van der Waals surface area contributed by atoms with Gasteiger partial charge in [0.05, 0.1) is 9.40 Å². The molecule has 0 radical (unpaired) electrons. The molecule has 0 fully saturated rings. The molecule has 19 heavy (non-hydrogen) atoms. The van der Waals surface area contributed by atoms with Gasteiger partial charge in [-0.3, -0.25) is 10.1 Å². The summed E-state index contributed by atoms with van der Waals surface area (Å²) in [6.07, 6.45) is 0. The summed E-state index contributed by atoms with van der Waals surface area (Å²) in [5, 5.41) is 13.8. The summed E-state index contributed by atoms with van der Waals surface area (Å²) in [7, 11) is 0. The topological polar surface area (TPSA) is 55.2 Å². The van der Waals surface area contributed by atoms with Gasteiger partial charge in [-0.2, -0.15) is 0 Å². The summed E-state index contributed by atoms with van der Waals surface area (Å²) in [5.74, 6) is -0.305. The van der Waals surface area contributed by atoms with E-state index in [1.807, 2.05) is 0 Å². The van der Waals surface area contributed by atoms with Gasteiger partial charge < -0.3 is 5.32 Å². The van der Waals surface area contributed by atoms with E-state index in [0.29, 0.717) is 16.7 Å². The van der Waals surface area contributed by atoms with Gasteiger partial charge in [0.1, 0.15) is 5.82 Å². The summed E-state index contributed by atoms with van der Waals surface area (Å²) in [5.41, 5.74) is 1.37. The number of benzene rings is 2. The number of rotatable bonds is 4. The molecule has 0 heterocycles. The lowest BCUT2D eigenvalue weighted by Crippen LogP contribution is -2.00. The van der Waals surface area contributed by atoms with Crippen molar-refractivity contribution >= 4 is 27.3 Å². The quantitative estimate of drug-likeness (QED) is 0.680. The number of nitrogens with zero attached hydrogens (tertiary/aromatic N) is 1. The van der Waals surface area contributed by atoms with E-state index in [0.717, 1.165) is 5.56 Å². The van der Waals surface area contributed by atoms with Crippen molar-refractivity contribution in [1.82, 2.24) is 0 Å². The zero-order chi connectivity index (χ0) is 13.8. The van der Waals surface area contributed by atoms with Gasteiger partial charge in [0.2, 0.25) is 0 Å². The average Bonchev–Trinajstić information content (AvgIpc) is 2.37. The molecule has 2 rings (SSSR count). The zero-order valence-electron chi connectivity index (χ0n) is 9.77. The van der Waals surface area contributed by atoms with Gasteiger partial charge in [0.15, 0.2) is 0 Å². The van der Waals surface area contributed by atoms with E-state index in [9.17, 15) is 14.5 Å². The van der Waals surface area contributed by atoms with Crippen molar-refractivity contribution < 1.29 is 9.31 Å². The van der Waals surface area contributed by atoms with Gasteiger partial charge in [0.25, 0.3) is 5.69 Å². The fraction of sp³-hybridized carbons (Fsp3) is 0.0769. The van der Waals surface area contributed by atoms with E-state index in [1.165, 1.54) is 18.2 Å². The number of hydrogen-bond acceptors (Lipinski definition) is 3. The summed E-state index contributed by atoms with van der Waals surface area (Å²) in [6, 6.07) is 10.9. The summed E-state index contributed by atoms with van der Waals surface area (Å²) >= 11 is 3.12. The van der Waals surface area contributed by atoms with Crippen molar-refractivity contribution in [3.05, 3.63) is 68.4 Å². The van der Waals surface area contributed by atoms with E-state index in [2.05, 4.69) is 21.2 Å². The largest absolute Gasteiger partial charge is 0.381 e. The smallest absolute Gasteiger partial charge is 0.285 e. The fourth-order valence-electron chi connectivity index (χ4n) is 1.61. The third-order valence-corrected chi connectivity index (χ3v) is 3.20. The van der Waals surface area contributed by atoms with Crippen LogP contribution in [0.4, 0.5) is 15.8 Å². The number of hydrogen-bond donors (Lipinski definition) is 1. The first-order valence-corrected chi connectivity index (χ1v) is 6.28. The van der Waals surface area contributed by atoms with Crippen molar-refractivity contribution in [2.24, 2.45) is 0 Å². The van der Waals surface area contributed by atoms with Crippen molar-refractivity contribution in [1.29, 1.82) is 0 Å². The second-order valence-corrected chi connectivity index (χ2v) is 4.76. The third kappa shape index (κ3) is 3.51. The van der Waals surface area contributed by atoms with Gasteiger partial charge in [-0.25, -0.2) is 4.39 Å². The SMILES string of the molecule is O=[N+]([O-])c1cc(NCc2cccc(F)c2)ccc1Br. The zero-order valence-corrected chi connectivity index (χ0v) is 11.4. The Bertz CT molecular complexity index is 619. The minimum absolute atomic E-state index is 0.00996. The van der Waals surface area contributed by atoms with Gasteiger partial charge >= 0.3 is 0 Å². The van der Waals surface area contributed by atoms with E-state index < -0.39 is 4.92 Å². The van der Waals surface area contributed by atoms with Gasteiger partial charge in [-0.05, 0) is 45.8 Å². The maximum atomic E-state index is 13.0. The number of halogens is 2. The lowest BCUT2D eigenvalue weighted by molar-refractivity contribution is -0.385. The van der Waals surface area contributed by atoms with Crippen LogP contribution < -0.4 is 5.32 Å². The number of nitro groups is 1. The highest BCUT2D eigenvalue weighted by Gasteiger charge is 2.12. The number of nitrogens with one attached hydrogen (secondary N) is 1. The molecule has 0 aliphatic heterocycles. The maximum absolute atomic E-state index is 13.0. The predicted octanol–water partition coefficient (Wildman–Crippen LogP) is 4.11. The summed E-state index contributed by atoms with van der Waals surface area (Å²) in [4.78, 5) is 10.3. The molecule has 0 aliphatic rings. The molecule has 6 heteroatoms. The molecular weight excluding hydrogens is 315 g/mol. The highest BCUT2D eigenvalue weighted by atomic mass is 79.9. The second-order valence-electron chi connectivity index (χ2n) is 3.91. The Hall–Kier alpha value is -1.95.